The van der Waals surface area contributed by atoms with Gasteiger partial charge in [0.05, 0.1) is 21.3 Å². The van der Waals surface area contributed by atoms with E-state index >= 15 is 0 Å². The third-order valence-corrected chi connectivity index (χ3v) is 3.05. The Morgan fingerprint density at radius 2 is 1.71 bits per heavy atom. The van der Waals surface area contributed by atoms with Gasteiger partial charge >= 0.3 is 0 Å². The van der Waals surface area contributed by atoms with Crippen molar-refractivity contribution in [2.45, 2.75) is 20.0 Å². The molecule has 0 saturated carbocycles. The molecule has 114 valence electrons. The Hall–Kier alpha value is -2.51. The standard InChI is InChI=1S/C13H19N5O3/c1-5-18-13(15-16-17-18)14-8-9-6-11(20-3)12(21-4)7-10(9)19-2/h6-7H,5,8H2,1-4H3,(H,14,15,17). The van der Waals surface area contributed by atoms with E-state index in [4.69, 9.17) is 14.2 Å². The molecule has 0 fully saturated rings. The highest BCUT2D eigenvalue weighted by molar-refractivity contribution is 5.51. The average Bonchev–Trinajstić information content (AvgIpc) is 2.99. The minimum Gasteiger partial charge on any atom is -0.496 e. The van der Waals surface area contributed by atoms with Crippen LogP contribution in [0, 0.1) is 0 Å². The lowest BCUT2D eigenvalue weighted by Gasteiger charge is -2.14. The number of methoxy groups -OCH3 is 3. The van der Waals surface area contributed by atoms with Crippen molar-refractivity contribution in [3.05, 3.63) is 17.7 Å². The molecule has 8 nitrogen and oxygen atoms in total. The summed E-state index contributed by atoms with van der Waals surface area (Å²) in [5, 5.41) is 14.6. The van der Waals surface area contributed by atoms with Crippen LogP contribution in [0.3, 0.4) is 0 Å². The van der Waals surface area contributed by atoms with Gasteiger partial charge in [-0.15, -0.1) is 0 Å². The third kappa shape index (κ3) is 3.15. The van der Waals surface area contributed by atoms with Crippen LogP contribution in [0.1, 0.15) is 12.5 Å². The highest BCUT2D eigenvalue weighted by Gasteiger charge is 2.12. The van der Waals surface area contributed by atoms with Crippen LogP contribution >= 0.6 is 0 Å². The molecule has 2 aromatic rings. The van der Waals surface area contributed by atoms with Crippen molar-refractivity contribution in [3.8, 4) is 17.2 Å². The van der Waals surface area contributed by atoms with Crippen molar-refractivity contribution in [2.75, 3.05) is 26.6 Å². The van der Waals surface area contributed by atoms with E-state index in [-0.39, 0.29) is 0 Å². The second-order valence-electron chi connectivity index (χ2n) is 4.19. The summed E-state index contributed by atoms with van der Waals surface area (Å²) in [7, 11) is 4.80. The molecule has 8 heteroatoms. The number of benzene rings is 1. The second-order valence-corrected chi connectivity index (χ2v) is 4.19. The van der Waals surface area contributed by atoms with E-state index in [2.05, 4.69) is 20.8 Å². The average molecular weight is 293 g/mol. The zero-order valence-electron chi connectivity index (χ0n) is 12.6. The number of hydrogen-bond donors (Lipinski definition) is 1. The number of nitrogens with one attached hydrogen (secondary N) is 1. The summed E-state index contributed by atoms with van der Waals surface area (Å²) in [4.78, 5) is 0. The van der Waals surface area contributed by atoms with Gasteiger partial charge in [0, 0.05) is 24.7 Å². The summed E-state index contributed by atoms with van der Waals surface area (Å²) in [6.07, 6.45) is 0. The van der Waals surface area contributed by atoms with Gasteiger partial charge in [-0.25, -0.2) is 4.68 Å². The highest BCUT2D eigenvalue weighted by Crippen LogP contribution is 2.34. The maximum Gasteiger partial charge on any atom is 0.243 e. The molecule has 0 radical (unpaired) electrons. The Morgan fingerprint density at radius 3 is 2.33 bits per heavy atom. The summed E-state index contributed by atoms with van der Waals surface area (Å²) in [6.45, 7) is 3.17. The lowest BCUT2D eigenvalue weighted by Crippen LogP contribution is -2.09. The number of nitrogens with zero attached hydrogens (tertiary/aromatic N) is 4. The van der Waals surface area contributed by atoms with Crippen molar-refractivity contribution in [2.24, 2.45) is 0 Å². The monoisotopic (exact) mass is 293 g/mol. The number of aryl methyl sites for hydroxylation is 1. The van der Waals surface area contributed by atoms with Gasteiger partial charge in [0.15, 0.2) is 11.5 Å². The maximum atomic E-state index is 5.38. The van der Waals surface area contributed by atoms with Crippen molar-refractivity contribution in [3.63, 3.8) is 0 Å². The number of aromatic nitrogens is 4. The molecule has 1 N–H and O–H groups in total. The van der Waals surface area contributed by atoms with E-state index in [0.717, 1.165) is 5.56 Å². The Kier molecular flexibility index (Phi) is 4.81. The first-order chi connectivity index (χ1) is 10.2. The molecule has 1 aromatic carbocycles. The number of ether oxygens (including phenoxy) is 3. The highest BCUT2D eigenvalue weighted by atomic mass is 16.5. The summed E-state index contributed by atoms with van der Waals surface area (Å²) in [5.41, 5.74) is 0.917. The third-order valence-electron chi connectivity index (χ3n) is 3.05. The first kappa shape index (κ1) is 14.9. The van der Waals surface area contributed by atoms with Gasteiger partial charge in [0.25, 0.3) is 0 Å². The number of rotatable bonds is 7. The molecule has 21 heavy (non-hydrogen) atoms. The smallest absolute Gasteiger partial charge is 0.243 e. The quantitative estimate of drug-likeness (QED) is 0.824. The van der Waals surface area contributed by atoms with Crippen LogP contribution in [-0.4, -0.2) is 41.5 Å². The first-order valence-electron chi connectivity index (χ1n) is 6.52. The maximum absolute atomic E-state index is 5.38. The predicted molar refractivity (Wildman–Crippen MR) is 76.9 cm³/mol. The molecule has 0 saturated heterocycles. The molecular formula is C13H19N5O3. The van der Waals surface area contributed by atoms with E-state index in [1.54, 1.807) is 32.1 Å². The fraction of sp³-hybridized carbons (Fsp3) is 0.462. The van der Waals surface area contributed by atoms with Gasteiger partial charge in [-0.2, -0.15) is 0 Å². The lowest BCUT2D eigenvalue weighted by molar-refractivity contribution is 0.347. The minimum absolute atomic E-state index is 0.504. The van der Waals surface area contributed by atoms with Crippen LogP contribution in [0.5, 0.6) is 17.2 Å². The van der Waals surface area contributed by atoms with Gasteiger partial charge in [-0.3, -0.25) is 0 Å². The van der Waals surface area contributed by atoms with E-state index in [0.29, 0.717) is 36.3 Å². The Balaban J connectivity index is 2.22. The van der Waals surface area contributed by atoms with Crippen LogP contribution in [0.2, 0.25) is 0 Å². The molecule has 0 aliphatic rings. The zero-order chi connectivity index (χ0) is 15.2. The van der Waals surface area contributed by atoms with Crippen LogP contribution in [0.25, 0.3) is 0 Å². The fourth-order valence-electron chi connectivity index (χ4n) is 1.95. The van der Waals surface area contributed by atoms with Crippen molar-refractivity contribution >= 4 is 5.95 Å². The van der Waals surface area contributed by atoms with Crippen LogP contribution in [0.4, 0.5) is 5.95 Å². The van der Waals surface area contributed by atoms with Gasteiger partial charge in [-0.1, -0.05) is 5.10 Å². The van der Waals surface area contributed by atoms with Crippen molar-refractivity contribution in [1.29, 1.82) is 0 Å². The Labute approximate surface area is 123 Å². The second kappa shape index (κ2) is 6.78. The molecule has 0 bridgehead atoms. The van der Waals surface area contributed by atoms with Gasteiger partial charge in [-0.05, 0) is 23.4 Å². The predicted octanol–water partition coefficient (Wildman–Crippen LogP) is 1.33. The number of anilines is 1. The molecule has 2 rings (SSSR count). The molecule has 0 aliphatic heterocycles. The fourth-order valence-corrected chi connectivity index (χ4v) is 1.95. The molecule has 0 amide bonds. The van der Waals surface area contributed by atoms with Crippen LogP contribution in [-0.2, 0) is 13.1 Å². The normalized spacial score (nSPS) is 10.3. The summed E-state index contributed by atoms with van der Waals surface area (Å²) in [6, 6.07) is 3.66. The van der Waals surface area contributed by atoms with Gasteiger partial charge in [0.1, 0.15) is 5.75 Å². The zero-order valence-corrected chi connectivity index (χ0v) is 12.6. The van der Waals surface area contributed by atoms with Crippen LogP contribution in [0.15, 0.2) is 12.1 Å². The number of tetrazole rings is 1. The van der Waals surface area contributed by atoms with Gasteiger partial charge in [0.2, 0.25) is 5.95 Å². The molecular weight excluding hydrogens is 274 g/mol. The van der Waals surface area contributed by atoms with E-state index in [9.17, 15) is 0 Å². The minimum atomic E-state index is 0.504. The molecule has 0 spiro atoms. The topological polar surface area (TPSA) is 83.3 Å². The van der Waals surface area contributed by atoms with E-state index in [1.165, 1.54) is 0 Å². The van der Waals surface area contributed by atoms with E-state index in [1.807, 2.05) is 13.0 Å². The number of hydrogen-bond acceptors (Lipinski definition) is 7. The molecule has 0 unspecified atom stereocenters. The summed E-state index contributed by atoms with van der Waals surface area (Å²) in [5.74, 6) is 2.58. The Morgan fingerprint density at radius 1 is 1.05 bits per heavy atom. The lowest BCUT2D eigenvalue weighted by atomic mass is 10.1. The van der Waals surface area contributed by atoms with Crippen LogP contribution < -0.4 is 19.5 Å². The van der Waals surface area contributed by atoms with Gasteiger partial charge < -0.3 is 19.5 Å². The SMILES string of the molecule is CCn1nnnc1NCc1cc(OC)c(OC)cc1OC. The molecule has 0 atom stereocenters. The molecule has 1 aromatic heterocycles. The summed E-state index contributed by atoms with van der Waals surface area (Å²) >= 11 is 0. The molecule has 0 aliphatic carbocycles. The summed E-state index contributed by atoms with van der Waals surface area (Å²) < 4.78 is 17.6. The largest absolute Gasteiger partial charge is 0.496 e. The van der Waals surface area contributed by atoms with Crippen molar-refractivity contribution < 1.29 is 14.2 Å². The van der Waals surface area contributed by atoms with E-state index < -0.39 is 0 Å². The first-order valence-corrected chi connectivity index (χ1v) is 6.52. The Bertz CT molecular complexity index is 599. The molecule has 1 heterocycles. The van der Waals surface area contributed by atoms with Crippen molar-refractivity contribution in [1.82, 2.24) is 20.2 Å².